The van der Waals surface area contributed by atoms with Crippen LogP contribution in [0.5, 0.6) is 0 Å². The largest absolute Gasteiger partial charge is 0.469 e. The number of ether oxygens (including phenoxy) is 1. The van der Waals surface area contributed by atoms with Crippen molar-refractivity contribution in [1.82, 2.24) is 4.90 Å². The van der Waals surface area contributed by atoms with Crippen LogP contribution in [0.3, 0.4) is 0 Å². The number of amides is 1. The molecule has 6 nitrogen and oxygen atoms in total. The zero-order valence-corrected chi connectivity index (χ0v) is 21.4. The summed E-state index contributed by atoms with van der Waals surface area (Å²) in [5.74, 6) is -0.810. The van der Waals surface area contributed by atoms with E-state index in [-0.39, 0.29) is 30.3 Å². The smallest absolute Gasteiger partial charge is 0.306 e. The van der Waals surface area contributed by atoms with Gasteiger partial charge < -0.3 is 14.5 Å². The van der Waals surface area contributed by atoms with E-state index in [1.165, 1.54) is 7.11 Å². The molecule has 0 saturated carbocycles. The molecule has 0 aromatic heterocycles. The molecule has 1 saturated heterocycles. The molecule has 4 rings (SSSR count). The Morgan fingerprint density at radius 1 is 1.12 bits per heavy atom. The van der Waals surface area contributed by atoms with Crippen molar-refractivity contribution in [3.05, 3.63) is 70.7 Å². The van der Waals surface area contributed by atoms with Crippen LogP contribution in [-0.2, 0) is 14.3 Å². The summed E-state index contributed by atoms with van der Waals surface area (Å²) in [6.45, 7) is 5.08. The zero-order valence-electron chi connectivity index (χ0n) is 19.8. The van der Waals surface area contributed by atoms with Gasteiger partial charge in [0.15, 0.2) is 0 Å². The number of hydrogen-bond donors (Lipinski definition) is 0. The standard InChI is InChI=1S/C27H30BrN3O3/c1-18(2)22(15-26(32)34-3)27(33)31-17-30(21-7-5-4-6-8-21)16-25(31)24-14-13-23(29-24)19-9-11-20(28)12-10-19/h4-13,18,22,25H,14-17H2,1-3H3/t22-,25-/m0/s1. The van der Waals surface area contributed by atoms with Gasteiger partial charge in [-0.3, -0.25) is 14.6 Å². The van der Waals surface area contributed by atoms with Gasteiger partial charge in [0.25, 0.3) is 0 Å². The van der Waals surface area contributed by atoms with Gasteiger partial charge in [-0.15, -0.1) is 0 Å². The lowest BCUT2D eigenvalue weighted by molar-refractivity contribution is -0.148. The van der Waals surface area contributed by atoms with Crippen LogP contribution in [0.2, 0.25) is 0 Å². The third-order valence-electron chi connectivity index (χ3n) is 6.53. The predicted molar refractivity (Wildman–Crippen MR) is 138 cm³/mol. The molecule has 2 aromatic carbocycles. The van der Waals surface area contributed by atoms with Gasteiger partial charge in [-0.05, 0) is 35.7 Å². The lowest BCUT2D eigenvalue weighted by Crippen LogP contribution is -2.46. The zero-order chi connectivity index (χ0) is 24.2. The predicted octanol–water partition coefficient (Wildman–Crippen LogP) is 5.14. The van der Waals surface area contributed by atoms with Crippen LogP contribution in [0.1, 0.15) is 32.3 Å². The monoisotopic (exact) mass is 523 g/mol. The summed E-state index contributed by atoms with van der Waals surface area (Å²) in [5.41, 5.74) is 4.03. The van der Waals surface area contributed by atoms with Crippen LogP contribution in [0.15, 0.2) is 70.1 Å². The molecule has 0 spiro atoms. The van der Waals surface area contributed by atoms with Gasteiger partial charge in [0, 0.05) is 28.8 Å². The molecule has 34 heavy (non-hydrogen) atoms. The van der Waals surface area contributed by atoms with Crippen LogP contribution in [-0.4, -0.2) is 48.9 Å². The van der Waals surface area contributed by atoms with Gasteiger partial charge in [-0.2, -0.15) is 0 Å². The molecule has 2 aliphatic heterocycles. The van der Waals surface area contributed by atoms with Crippen LogP contribution >= 0.6 is 15.9 Å². The maximum absolute atomic E-state index is 13.8. The highest BCUT2D eigenvalue weighted by Gasteiger charge is 2.41. The highest BCUT2D eigenvalue weighted by molar-refractivity contribution is 9.10. The molecule has 7 heteroatoms. The second-order valence-electron chi connectivity index (χ2n) is 9.06. The topological polar surface area (TPSA) is 62.2 Å². The maximum Gasteiger partial charge on any atom is 0.306 e. The van der Waals surface area contributed by atoms with Crippen molar-refractivity contribution in [2.45, 2.75) is 32.7 Å². The van der Waals surface area contributed by atoms with Crippen molar-refractivity contribution in [2.75, 3.05) is 25.2 Å². The Morgan fingerprint density at radius 3 is 2.47 bits per heavy atom. The average Bonchev–Trinajstić information content (AvgIpc) is 3.50. The Kier molecular flexibility index (Phi) is 7.51. The third kappa shape index (κ3) is 5.25. The summed E-state index contributed by atoms with van der Waals surface area (Å²) < 4.78 is 5.90. The minimum Gasteiger partial charge on any atom is -0.469 e. The van der Waals surface area contributed by atoms with E-state index in [9.17, 15) is 9.59 Å². The molecule has 0 aliphatic carbocycles. The number of esters is 1. The van der Waals surface area contributed by atoms with Crippen molar-refractivity contribution >= 4 is 44.9 Å². The number of hydrogen-bond acceptors (Lipinski definition) is 5. The van der Waals surface area contributed by atoms with Gasteiger partial charge in [-0.25, -0.2) is 0 Å². The van der Waals surface area contributed by atoms with E-state index in [0.29, 0.717) is 19.6 Å². The van der Waals surface area contributed by atoms with Gasteiger partial charge in [0.1, 0.15) is 0 Å². The average molecular weight is 524 g/mol. The summed E-state index contributed by atoms with van der Waals surface area (Å²) in [4.78, 5) is 34.9. The highest BCUT2D eigenvalue weighted by atomic mass is 79.9. The van der Waals surface area contributed by atoms with E-state index in [1.54, 1.807) is 0 Å². The molecule has 0 N–H and O–H groups in total. The number of halogens is 1. The number of benzene rings is 2. The first-order chi connectivity index (χ1) is 16.4. The summed E-state index contributed by atoms with van der Waals surface area (Å²) in [6, 6.07) is 18.0. The van der Waals surface area contributed by atoms with Crippen molar-refractivity contribution in [2.24, 2.45) is 16.8 Å². The van der Waals surface area contributed by atoms with E-state index in [2.05, 4.69) is 39.0 Å². The van der Waals surface area contributed by atoms with Crippen LogP contribution < -0.4 is 4.90 Å². The number of carbonyl (C=O) groups is 2. The van der Waals surface area contributed by atoms with Gasteiger partial charge in [0.2, 0.25) is 5.91 Å². The number of anilines is 1. The van der Waals surface area contributed by atoms with Gasteiger partial charge in [-0.1, -0.05) is 66.2 Å². The molecule has 2 aromatic rings. The quantitative estimate of drug-likeness (QED) is 0.471. The van der Waals surface area contributed by atoms with E-state index < -0.39 is 5.92 Å². The van der Waals surface area contributed by atoms with E-state index in [4.69, 9.17) is 9.73 Å². The maximum atomic E-state index is 13.8. The number of allylic oxidation sites excluding steroid dienone is 1. The normalized spacial score (nSPS) is 18.7. The number of para-hydroxylation sites is 1. The molecule has 2 atom stereocenters. The third-order valence-corrected chi connectivity index (χ3v) is 7.06. The molecular weight excluding hydrogens is 494 g/mol. The first-order valence-corrected chi connectivity index (χ1v) is 12.4. The van der Waals surface area contributed by atoms with E-state index >= 15 is 0 Å². The fraction of sp³-hybridized carbons (Fsp3) is 0.370. The van der Waals surface area contributed by atoms with Crippen molar-refractivity contribution in [1.29, 1.82) is 0 Å². The van der Waals surface area contributed by atoms with Crippen molar-refractivity contribution in [3.63, 3.8) is 0 Å². The fourth-order valence-electron chi connectivity index (χ4n) is 4.53. The van der Waals surface area contributed by atoms with Crippen LogP contribution in [0.4, 0.5) is 5.69 Å². The summed E-state index contributed by atoms with van der Waals surface area (Å²) in [5, 5.41) is 0. The molecular formula is C27H30BrN3O3. The lowest BCUT2D eigenvalue weighted by atomic mass is 9.90. The SMILES string of the molecule is COC(=O)C[C@H](C(=O)N1CN(c2ccccc2)C[C@H]1C1=NC(c2ccc(Br)cc2)=CC1)C(C)C. The molecule has 1 fully saturated rings. The Bertz CT molecular complexity index is 1100. The number of carbonyl (C=O) groups excluding carboxylic acids is 2. The summed E-state index contributed by atoms with van der Waals surface area (Å²) in [6.07, 6.45) is 2.91. The molecule has 0 radical (unpaired) electrons. The summed E-state index contributed by atoms with van der Waals surface area (Å²) in [7, 11) is 1.36. The Morgan fingerprint density at radius 2 is 1.82 bits per heavy atom. The van der Waals surface area contributed by atoms with E-state index in [1.807, 2.05) is 61.2 Å². The molecule has 2 aliphatic rings. The lowest BCUT2D eigenvalue weighted by Gasteiger charge is -2.29. The Balaban J connectivity index is 1.62. The van der Waals surface area contributed by atoms with Crippen molar-refractivity contribution in [3.8, 4) is 0 Å². The minimum atomic E-state index is -0.438. The molecule has 2 heterocycles. The molecule has 178 valence electrons. The Labute approximate surface area is 209 Å². The second kappa shape index (κ2) is 10.6. The van der Waals surface area contributed by atoms with E-state index in [0.717, 1.165) is 27.1 Å². The van der Waals surface area contributed by atoms with Crippen LogP contribution in [0.25, 0.3) is 5.70 Å². The number of nitrogens with zero attached hydrogens (tertiary/aromatic N) is 3. The second-order valence-corrected chi connectivity index (χ2v) is 9.97. The Hall–Kier alpha value is -2.93. The van der Waals surface area contributed by atoms with Gasteiger partial charge in [0.05, 0.1) is 37.9 Å². The number of rotatable bonds is 7. The summed E-state index contributed by atoms with van der Waals surface area (Å²) >= 11 is 3.48. The van der Waals surface area contributed by atoms with Crippen molar-refractivity contribution < 1.29 is 14.3 Å². The molecule has 0 bridgehead atoms. The highest BCUT2D eigenvalue weighted by Crippen LogP contribution is 2.31. The first kappa shape index (κ1) is 24.2. The first-order valence-electron chi connectivity index (χ1n) is 11.6. The molecule has 0 unspecified atom stereocenters. The van der Waals surface area contributed by atoms with Crippen LogP contribution in [0, 0.1) is 11.8 Å². The fourth-order valence-corrected chi connectivity index (χ4v) is 4.79. The molecule has 1 amide bonds. The van der Waals surface area contributed by atoms with Gasteiger partial charge >= 0.3 is 5.97 Å². The minimum absolute atomic E-state index is 0.0139. The number of methoxy groups -OCH3 is 1. The number of aliphatic imine (C=N–C) groups is 1.